The third-order valence-corrected chi connectivity index (χ3v) is 5.48. The van der Waals surface area contributed by atoms with Crippen molar-refractivity contribution in [1.29, 1.82) is 0 Å². The molecule has 0 unspecified atom stereocenters. The molecule has 1 heterocycles. The Kier molecular flexibility index (Phi) is 5.60. The number of nitrogens with one attached hydrogen (secondary N) is 1. The number of rotatable bonds is 5. The highest BCUT2D eigenvalue weighted by Crippen LogP contribution is 2.32. The van der Waals surface area contributed by atoms with Crippen LogP contribution in [0, 0.1) is 0 Å². The van der Waals surface area contributed by atoms with Crippen molar-refractivity contribution < 1.29 is 9.21 Å². The summed E-state index contributed by atoms with van der Waals surface area (Å²) in [4.78, 5) is 17.2. The number of carbonyl (C=O) groups excluding carboxylic acids is 1. The molecule has 0 radical (unpaired) electrons. The van der Waals surface area contributed by atoms with Gasteiger partial charge in [0, 0.05) is 11.3 Å². The van der Waals surface area contributed by atoms with Crippen LogP contribution in [-0.4, -0.2) is 10.9 Å². The third-order valence-electron chi connectivity index (χ3n) is 5.15. The standard InChI is InChI=1S/C25H23ClN2O2/c1-4-16-5-12-23-22(13-16)28-25(30-23)20-14-19(10-11-21(20)26)27-24(29)18-8-6-17(7-9-18)15(2)3/h5-15H,4H2,1-3H3,(H,27,29). The van der Waals surface area contributed by atoms with Crippen molar-refractivity contribution in [2.45, 2.75) is 33.1 Å². The maximum absolute atomic E-state index is 12.7. The van der Waals surface area contributed by atoms with Crippen molar-refractivity contribution in [1.82, 2.24) is 4.98 Å². The van der Waals surface area contributed by atoms with Crippen molar-refractivity contribution >= 4 is 34.3 Å². The van der Waals surface area contributed by atoms with Gasteiger partial charge in [0.25, 0.3) is 5.91 Å². The molecule has 4 rings (SSSR count). The summed E-state index contributed by atoms with van der Waals surface area (Å²) in [6.07, 6.45) is 0.929. The first-order valence-electron chi connectivity index (χ1n) is 10.1. The normalized spacial score (nSPS) is 11.2. The van der Waals surface area contributed by atoms with Crippen molar-refractivity contribution in [2.24, 2.45) is 0 Å². The first kappa shape index (κ1) is 20.2. The number of amides is 1. The van der Waals surface area contributed by atoms with E-state index in [1.54, 1.807) is 18.2 Å². The minimum absolute atomic E-state index is 0.177. The maximum atomic E-state index is 12.7. The molecule has 1 N–H and O–H groups in total. The Morgan fingerprint density at radius 2 is 1.83 bits per heavy atom. The van der Waals surface area contributed by atoms with Crippen LogP contribution in [-0.2, 0) is 6.42 Å². The Balaban J connectivity index is 1.61. The predicted octanol–water partition coefficient (Wildman–Crippen LogP) is 7.09. The van der Waals surface area contributed by atoms with E-state index in [2.05, 4.69) is 31.1 Å². The van der Waals surface area contributed by atoms with E-state index in [0.29, 0.717) is 39.2 Å². The SMILES string of the molecule is CCc1ccc2oc(-c3cc(NC(=O)c4ccc(C(C)C)cc4)ccc3Cl)nc2c1. The van der Waals surface area contributed by atoms with Gasteiger partial charge in [-0.3, -0.25) is 4.79 Å². The summed E-state index contributed by atoms with van der Waals surface area (Å²) in [5.74, 6) is 0.676. The number of carbonyl (C=O) groups is 1. The summed E-state index contributed by atoms with van der Waals surface area (Å²) >= 11 is 6.40. The van der Waals surface area contributed by atoms with E-state index in [0.717, 1.165) is 11.9 Å². The Morgan fingerprint density at radius 3 is 2.53 bits per heavy atom. The Hall–Kier alpha value is -3.11. The van der Waals surface area contributed by atoms with Crippen molar-refractivity contribution in [3.63, 3.8) is 0 Å². The summed E-state index contributed by atoms with van der Waals surface area (Å²) < 4.78 is 5.91. The minimum Gasteiger partial charge on any atom is -0.436 e. The van der Waals surface area contributed by atoms with Crippen LogP contribution >= 0.6 is 11.6 Å². The minimum atomic E-state index is -0.177. The number of benzene rings is 3. The number of hydrogen-bond acceptors (Lipinski definition) is 3. The van der Waals surface area contributed by atoms with E-state index in [9.17, 15) is 4.79 Å². The van der Waals surface area contributed by atoms with Crippen LogP contribution in [0.5, 0.6) is 0 Å². The first-order chi connectivity index (χ1) is 14.4. The van der Waals surface area contributed by atoms with E-state index in [1.807, 2.05) is 42.5 Å². The highest BCUT2D eigenvalue weighted by Gasteiger charge is 2.14. The van der Waals surface area contributed by atoms with E-state index >= 15 is 0 Å². The monoisotopic (exact) mass is 418 g/mol. The molecule has 0 saturated heterocycles. The molecular formula is C25H23ClN2O2. The largest absolute Gasteiger partial charge is 0.436 e. The average molecular weight is 419 g/mol. The Labute approximate surface area is 180 Å². The number of halogens is 1. The molecule has 0 atom stereocenters. The lowest BCUT2D eigenvalue weighted by atomic mass is 10.0. The molecule has 1 aromatic heterocycles. The zero-order valence-electron chi connectivity index (χ0n) is 17.2. The van der Waals surface area contributed by atoms with E-state index < -0.39 is 0 Å². The molecular weight excluding hydrogens is 396 g/mol. The van der Waals surface area contributed by atoms with Gasteiger partial charge in [-0.2, -0.15) is 0 Å². The Morgan fingerprint density at radius 1 is 1.07 bits per heavy atom. The molecule has 0 saturated carbocycles. The van der Waals surface area contributed by atoms with Gasteiger partial charge in [0.2, 0.25) is 5.89 Å². The molecule has 4 aromatic rings. The summed E-state index contributed by atoms with van der Waals surface area (Å²) in [6.45, 7) is 6.35. The molecule has 30 heavy (non-hydrogen) atoms. The molecule has 0 bridgehead atoms. The number of anilines is 1. The van der Waals surface area contributed by atoms with Gasteiger partial charge >= 0.3 is 0 Å². The smallest absolute Gasteiger partial charge is 0.255 e. The van der Waals surface area contributed by atoms with Crippen molar-refractivity contribution in [3.05, 3.63) is 82.4 Å². The maximum Gasteiger partial charge on any atom is 0.255 e. The molecule has 0 aliphatic rings. The fraction of sp³-hybridized carbons (Fsp3) is 0.200. The molecule has 0 spiro atoms. The van der Waals surface area contributed by atoms with Crippen LogP contribution in [0.2, 0.25) is 5.02 Å². The zero-order chi connectivity index (χ0) is 21.3. The summed E-state index contributed by atoms with van der Waals surface area (Å²) in [5, 5.41) is 3.44. The molecule has 1 amide bonds. The van der Waals surface area contributed by atoms with Crippen molar-refractivity contribution in [2.75, 3.05) is 5.32 Å². The van der Waals surface area contributed by atoms with Crippen molar-refractivity contribution in [3.8, 4) is 11.5 Å². The molecule has 4 nitrogen and oxygen atoms in total. The number of oxazole rings is 1. The van der Waals surface area contributed by atoms with Gasteiger partial charge in [-0.1, -0.05) is 50.6 Å². The van der Waals surface area contributed by atoms with Gasteiger partial charge in [-0.05, 0) is 65.9 Å². The van der Waals surface area contributed by atoms with Crippen LogP contribution in [0.4, 0.5) is 5.69 Å². The van der Waals surface area contributed by atoms with Crippen LogP contribution in [0.15, 0.2) is 65.1 Å². The number of nitrogens with zero attached hydrogens (tertiary/aromatic N) is 1. The fourth-order valence-corrected chi connectivity index (χ4v) is 3.50. The topological polar surface area (TPSA) is 55.1 Å². The van der Waals surface area contributed by atoms with Gasteiger partial charge in [0.15, 0.2) is 5.58 Å². The lowest BCUT2D eigenvalue weighted by Crippen LogP contribution is -2.12. The van der Waals surface area contributed by atoms with E-state index in [1.165, 1.54) is 11.1 Å². The lowest BCUT2D eigenvalue weighted by Gasteiger charge is -2.09. The first-order valence-corrected chi connectivity index (χ1v) is 10.4. The lowest BCUT2D eigenvalue weighted by molar-refractivity contribution is 0.102. The number of hydrogen-bond donors (Lipinski definition) is 1. The van der Waals surface area contributed by atoms with Gasteiger partial charge in [-0.25, -0.2) is 4.98 Å². The molecule has 152 valence electrons. The van der Waals surface area contributed by atoms with Gasteiger partial charge in [-0.15, -0.1) is 0 Å². The average Bonchev–Trinajstić information content (AvgIpc) is 3.18. The van der Waals surface area contributed by atoms with Gasteiger partial charge in [0.1, 0.15) is 5.52 Å². The van der Waals surface area contributed by atoms with Crippen LogP contribution in [0.25, 0.3) is 22.6 Å². The van der Waals surface area contributed by atoms with Gasteiger partial charge in [0.05, 0.1) is 10.6 Å². The molecule has 0 aliphatic carbocycles. The summed E-state index contributed by atoms with van der Waals surface area (Å²) in [6, 6.07) is 18.9. The second-order valence-corrected chi connectivity index (χ2v) is 8.01. The molecule has 0 fully saturated rings. The van der Waals surface area contributed by atoms with Crippen LogP contribution in [0.1, 0.15) is 48.2 Å². The number of aryl methyl sites for hydroxylation is 1. The Bertz CT molecular complexity index is 1210. The van der Waals surface area contributed by atoms with Crippen LogP contribution < -0.4 is 5.32 Å². The number of aromatic nitrogens is 1. The highest BCUT2D eigenvalue weighted by atomic mass is 35.5. The van der Waals surface area contributed by atoms with Gasteiger partial charge < -0.3 is 9.73 Å². The van der Waals surface area contributed by atoms with E-state index in [-0.39, 0.29) is 5.91 Å². The van der Waals surface area contributed by atoms with Crippen LogP contribution in [0.3, 0.4) is 0 Å². The third kappa shape index (κ3) is 4.10. The molecule has 5 heteroatoms. The summed E-state index contributed by atoms with van der Waals surface area (Å²) in [5.41, 5.74) is 5.76. The summed E-state index contributed by atoms with van der Waals surface area (Å²) in [7, 11) is 0. The molecule has 3 aromatic carbocycles. The second-order valence-electron chi connectivity index (χ2n) is 7.60. The zero-order valence-corrected chi connectivity index (χ0v) is 18.0. The number of fused-ring (bicyclic) bond motifs is 1. The molecule has 0 aliphatic heterocycles. The predicted molar refractivity (Wildman–Crippen MR) is 122 cm³/mol. The fourth-order valence-electron chi connectivity index (χ4n) is 3.30. The second kappa shape index (κ2) is 8.33. The van der Waals surface area contributed by atoms with E-state index in [4.69, 9.17) is 16.0 Å². The quantitative estimate of drug-likeness (QED) is 0.376. The highest BCUT2D eigenvalue weighted by molar-refractivity contribution is 6.33.